The van der Waals surface area contributed by atoms with Gasteiger partial charge in [0.05, 0.1) is 0 Å². The second-order valence-electron chi connectivity index (χ2n) is 4.86. The van der Waals surface area contributed by atoms with E-state index in [1.807, 2.05) is 0 Å². The van der Waals surface area contributed by atoms with E-state index in [0.29, 0.717) is 16.5 Å². The van der Waals surface area contributed by atoms with Crippen molar-refractivity contribution in [3.05, 3.63) is 64.5 Å². The van der Waals surface area contributed by atoms with Gasteiger partial charge in [0.25, 0.3) is 11.5 Å². The molecule has 0 unspecified atom stereocenters. The van der Waals surface area contributed by atoms with E-state index in [2.05, 4.69) is 4.98 Å². The average Bonchev–Trinajstić information content (AvgIpc) is 2.51. The van der Waals surface area contributed by atoms with Crippen LogP contribution in [0.4, 0.5) is 4.39 Å². The number of halogens is 1. The van der Waals surface area contributed by atoms with E-state index in [4.69, 9.17) is 5.73 Å². The van der Waals surface area contributed by atoms with Gasteiger partial charge < -0.3 is 10.3 Å². The second-order valence-corrected chi connectivity index (χ2v) is 4.86. The number of carbonyl (C=O) groups is 1. The Labute approximate surface area is 124 Å². The number of carbonyl (C=O) groups excluding carboxylic acids is 1. The molecule has 0 spiro atoms. The summed E-state index contributed by atoms with van der Waals surface area (Å²) in [6.07, 6.45) is 1.50. The maximum Gasteiger partial charge on any atom is 0.277 e. The lowest BCUT2D eigenvalue weighted by Crippen LogP contribution is -2.28. The predicted molar refractivity (Wildman–Crippen MR) is 80.9 cm³/mol. The molecular weight excluding hydrogens is 285 g/mol. The van der Waals surface area contributed by atoms with Crippen LogP contribution in [-0.4, -0.2) is 15.5 Å². The first kappa shape index (κ1) is 13.9. The zero-order chi connectivity index (χ0) is 15.9. The third-order valence-corrected chi connectivity index (χ3v) is 3.52. The summed E-state index contributed by atoms with van der Waals surface area (Å²) in [6.45, 7) is 0. The maximum atomic E-state index is 13.2. The fourth-order valence-electron chi connectivity index (χ4n) is 2.53. The molecule has 0 atom stereocenters. The lowest BCUT2D eigenvalue weighted by molar-refractivity contribution is 0.0992. The van der Waals surface area contributed by atoms with Gasteiger partial charge in [-0.3, -0.25) is 14.6 Å². The van der Waals surface area contributed by atoms with Gasteiger partial charge in [-0.2, -0.15) is 0 Å². The molecule has 1 aromatic carbocycles. The molecule has 2 aromatic heterocycles. The lowest BCUT2D eigenvalue weighted by Gasteiger charge is -2.14. The normalized spacial score (nSPS) is 10.8. The number of amides is 1. The van der Waals surface area contributed by atoms with Gasteiger partial charge >= 0.3 is 0 Å². The number of nitrogens with zero attached hydrogens (tertiary/aromatic N) is 2. The molecule has 2 N–H and O–H groups in total. The Kier molecular flexibility index (Phi) is 3.21. The van der Waals surface area contributed by atoms with E-state index in [-0.39, 0.29) is 11.2 Å². The molecule has 3 aromatic rings. The molecule has 110 valence electrons. The van der Waals surface area contributed by atoms with Crippen LogP contribution < -0.4 is 11.3 Å². The SMILES string of the molecule is Cn1c(C(N)=O)c(-c2ccc(F)cc2)c2cccnc2c1=O. The Balaban J connectivity index is 2.53. The zero-order valence-electron chi connectivity index (χ0n) is 11.7. The van der Waals surface area contributed by atoms with E-state index in [1.165, 1.54) is 42.1 Å². The lowest BCUT2D eigenvalue weighted by atomic mass is 9.98. The van der Waals surface area contributed by atoms with E-state index in [9.17, 15) is 14.0 Å². The van der Waals surface area contributed by atoms with Gasteiger partial charge in [-0.25, -0.2) is 4.39 Å². The molecule has 0 fully saturated rings. The Hall–Kier alpha value is -3.02. The first-order chi connectivity index (χ1) is 10.5. The zero-order valence-corrected chi connectivity index (χ0v) is 11.7. The summed E-state index contributed by atoms with van der Waals surface area (Å²) in [5.41, 5.74) is 6.40. The summed E-state index contributed by atoms with van der Waals surface area (Å²) >= 11 is 0. The highest BCUT2D eigenvalue weighted by atomic mass is 19.1. The van der Waals surface area contributed by atoms with Crippen LogP contribution in [0.25, 0.3) is 22.0 Å². The highest BCUT2D eigenvalue weighted by Crippen LogP contribution is 2.29. The Morgan fingerprint density at radius 3 is 2.55 bits per heavy atom. The molecule has 0 saturated carbocycles. The highest BCUT2D eigenvalue weighted by Gasteiger charge is 2.20. The fourth-order valence-corrected chi connectivity index (χ4v) is 2.53. The number of benzene rings is 1. The third kappa shape index (κ3) is 2.05. The number of fused-ring (bicyclic) bond motifs is 1. The van der Waals surface area contributed by atoms with Crippen LogP contribution >= 0.6 is 0 Å². The molecule has 0 radical (unpaired) electrons. The maximum absolute atomic E-state index is 13.2. The molecule has 0 aliphatic carbocycles. The van der Waals surface area contributed by atoms with Crippen molar-refractivity contribution in [2.24, 2.45) is 12.8 Å². The van der Waals surface area contributed by atoms with Crippen LogP contribution in [-0.2, 0) is 7.05 Å². The van der Waals surface area contributed by atoms with Crippen LogP contribution in [0, 0.1) is 5.82 Å². The first-order valence-corrected chi connectivity index (χ1v) is 6.54. The van der Waals surface area contributed by atoms with Crippen molar-refractivity contribution in [1.29, 1.82) is 0 Å². The summed E-state index contributed by atoms with van der Waals surface area (Å²) < 4.78 is 14.3. The molecule has 1 amide bonds. The summed E-state index contributed by atoms with van der Waals surface area (Å²) in [5.74, 6) is -1.12. The molecule has 0 aliphatic heterocycles. The molecule has 5 nitrogen and oxygen atoms in total. The van der Waals surface area contributed by atoms with E-state index >= 15 is 0 Å². The van der Waals surface area contributed by atoms with Gasteiger partial charge in [0.1, 0.15) is 17.0 Å². The number of rotatable bonds is 2. The van der Waals surface area contributed by atoms with Crippen LogP contribution in [0.1, 0.15) is 10.5 Å². The number of hydrogen-bond donors (Lipinski definition) is 1. The van der Waals surface area contributed by atoms with Gasteiger partial charge in [0.2, 0.25) is 0 Å². The number of primary amides is 1. The third-order valence-electron chi connectivity index (χ3n) is 3.52. The van der Waals surface area contributed by atoms with Gasteiger partial charge in [-0.1, -0.05) is 18.2 Å². The molecule has 22 heavy (non-hydrogen) atoms. The minimum atomic E-state index is -0.732. The number of pyridine rings is 2. The summed E-state index contributed by atoms with van der Waals surface area (Å²) in [7, 11) is 1.46. The summed E-state index contributed by atoms with van der Waals surface area (Å²) in [4.78, 5) is 28.3. The van der Waals surface area contributed by atoms with Crippen molar-refractivity contribution in [1.82, 2.24) is 9.55 Å². The van der Waals surface area contributed by atoms with E-state index in [1.54, 1.807) is 12.1 Å². The largest absolute Gasteiger partial charge is 0.364 e. The first-order valence-electron chi connectivity index (χ1n) is 6.54. The molecule has 2 heterocycles. The quantitative estimate of drug-likeness (QED) is 0.784. The fraction of sp³-hybridized carbons (Fsp3) is 0.0625. The predicted octanol–water partition coefficient (Wildman–Crippen LogP) is 1.84. The topological polar surface area (TPSA) is 78.0 Å². The van der Waals surface area contributed by atoms with Gasteiger partial charge in [0, 0.05) is 24.2 Å². The minimum absolute atomic E-state index is 0.0668. The van der Waals surface area contributed by atoms with Crippen molar-refractivity contribution in [2.45, 2.75) is 0 Å². The average molecular weight is 297 g/mol. The van der Waals surface area contributed by atoms with Crippen molar-refractivity contribution >= 4 is 16.8 Å². The molecule has 0 saturated heterocycles. The van der Waals surface area contributed by atoms with Gasteiger partial charge in [0.15, 0.2) is 0 Å². The Bertz CT molecular complexity index is 946. The monoisotopic (exact) mass is 297 g/mol. The summed E-state index contributed by atoms with van der Waals surface area (Å²) in [5, 5.41) is 0.506. The Morgan fingerprint density at radius 2 is 1.91 bits per heavy atom. The molecular formula is C16H12FN3O2. The Morgan fingerprint density at radius 1 is 1.23 bits per heavy atom. The smallest absolute Gasteiger partial charge is 0.277 e. The number of nitrogens with two attached hydrogens (primary N) is 1. The van der Waals surface area contributed by atoms with Crippen molar-refractivity contribution in [3.8, 4) is 11.1 Å². The number of aromatic nitrogens is 2. The molecule has 3 rings (SSSR count). The highest BCUT2D eigenvalue weighted by molar-refractivity contribution is 6.07. The van der Waals surface area contributed by atoms with Crippen molar-refractivity contribution < 1.29 is 9.18 Å². The van der Waals surface area contributed by atoms with Crippen LogP contribution in [0.15, 0.2) is 47.4 Å². The van der Waals surface area contributed by atoms with Crippen molar-refractivity contribution in [3.63, 3.8) is 0 Å². The molecule has 0 bridgehead atoms. The standard InChI is InChI=1S/C16H12FN3O2/c1-20-14(15(18)21)12(9-4-6-10(17)7-5-9)11-3-2-8-19-13(11)16(20)22/h2-8H,1H3,(H2,18,21). The number of hydrogen-bond acceptors (Lipinski definition) is 3. The van der Waals surface area contributed by atoms with Crippen LogP contribution in [0.5, 0.6) is 0 Å². The summed E-state index contributed by atoms with van der Waals surface area (Å²) in [6, 6.07) is 9.00. The van der Waals surface area contributed by atoms with Gasteiger partial charge in [-0.15, -0.1) is 0 Å². The molecule has 6 heteroatoms. The van der Waals surface area contributed by atoms with E-state index in [0.717, 1.165) is 0 Å². The van der Waals surface area contributed by atoms with Crippen molar-refractivity contribution in [2.75, 3.05) is 0 Å². The van der Waals surface area contributed by atoms with E-state index < -0.39 is 17.3 Å². The van der Waals surface area contributed by atoms with Crippen LogP contribution in [0.3, 0.4) is 0 Å². The second kappa shape index (κ2) is 5.07. The van der Waals surface area contributed by atoms with Gasteiger partial charge in [-0.05, 0) is 23.8 Å². The molecule has 0 aliphatic rings. The minimum Gasteiger partial charge on any atom is -0.364 e. The van der Waals surface area contributed by atoms with Crippen LogP contribution in [0.2, 0.25) is 0 Å².